The number of aromatic hydroxyl groups is 1. The normalized spacial score (nSPS) is 12.5. The summed E-state index contributed by atoms with van der Waals surface area (Å²) in [6, 6.07) is 3.24. The number of methoxy groups -OCH3 is 1. The standard InChI is InChI=1S/C16H25NO5S.ClH/c1-16(2,3)12-8-11(10-17(4,5)15(19)22-6)14(18)13(9-12)23(7,20)21;/h8-9H,10H2,1-7H3;1H. The summed E-state index contributed by atoms with van der Waals surface area (Å²) in [5.74, 6) is -0.310. The van der Waals surface area contributed by atoms with Crippen LogP contribution in [0.5, 0.6) is 5.75 Å². The van der Waals surface area contributed by atoms with Gasteiger partial charge in [0.25, 0.3) is 0 Å². The first-order valence-corrected chi connectivity index (χ1v) is 9.07. The van der Waals surface area contributed by atoms with Crippen molar-refractivity contribution >= 4 is 15.9 Å². The fraction of sp³-hybridized carbons (Fsp3) is 0.562. The van der Waals surface area contributed by atoms with Gasteiger partial charge in [-0.05, 0) is 23.1 Å². The predicted octanol–water partition coefficient (Wildman–Crippen LogP) is -0.560. The average Bonchev–Trinajstić information content (AvgIpc) is 2.37. The minimum absolute atomic E-state index is 0. The molecule has 6 nitrogen and oxygen atoms in total. The van der Waals surface area contributed by atoms with Crippen LogP contribution >= 0.6 is 0 Å². The molecular formula is C16H26ClNO5S. The predicted molar refractivity (Wildman–Crippen MR) is 88.1 cm³/mol. The lowest BCUT2D eigenvalue weighted by Gasteiger charge is -2.27. The highest BCUT2D eigenvalue weighted by molar-refractivity contribution is 7.90. The van der Waals surface area contributed by atoms with E-state index in [2.05, 4.69) is 0 Å². The molecule has 0 unspecified atom stereocenters. The highest BCUT2D eigenvalue weighted by Gasteiger charge is 2.32. The first-order valence-electron chi connectivity index (χ1n) is 7.18. The van der Waals surface area contributed by atoms with E-state index in [1.165, 1.54) is 13.2 Å². The van der Waals surface area contributed by atoms with E-state index in [0.29, 0.717) is 5.56 Å². The second kappa shape index (κ2) is 7.29. The molecule has 0 atom stereocenters. The van der Waals surface area contributed by atoms with Gasteiger partial charge in [0, 0.05) is 6.26 Å². The molecule has 0 aliphatic carbocycles. The Bertz CT molecular complexity index is 721. The molecule has 0 saturated heterocycles. The van der Waals surface area contributed by atoms with Crippen LogP contribution < -0.4 is 12.4 Å². The lowest BCUT2D eigenvalue weighted by Crippen LogP contribution is -3.00. The molecule has 0 bridgehead atoms. The first-order chi connectivity index (χ1) is 10.2. The van der Waals surface area contributed by atoms with Crippen molar-refractivity contribution in [1.29, 1.82) is 0 Å². The summed E-state index contributed by atoms with van der Waals surface area (Å²) >= 11 is 0. The fourth-order valence-electron chi connectivity index (χ4n) is 2.24. The summed E-state index contributed by atoms with van der Waals surface area (Å²) in [5.41, 5.74) is 0.869. The van der Waals surface area contributed by atoms with Crippen LogP contribution in [0, 0.1) is 0 Å². The van der Waals surface area contributed by atoms with E-state index in [9.17, 15) is 18.3 Å². The molecule has 138 valence electrons. The van der Waals surface area contributed by atoms with Crippen molar-refractivity contribution in [1.82, 2.24) is 0 Å². The zero-order chi connectivity index (χ0) is 18.2. The number of hydrogen-bond donors (Lipinski definition) is 1. The van der Waals surface area contributed by atoms with Gasteiger partial charge in [0.15, 0.2) is 9.84 Å². The molecule has 24 heavy (non-hydrogen) atoms. The third kappa shape index (κ3) is 5.09. The minimum Gasteiger partial charge on any atom is -1.00 e. The van der Waals surface area contributed by atoms with E-state index >= 15 is 0 Å². The number of quaternary nitrogens is 1. The van der Waals surface area contributed by atoms with Gasteiger partial charge in [-0.1, -0.05) is 20.8 Å². The van der Waals surface area contributed by atoms with Crippen LogP contribution in [0.2, 0.25) is 0 Å². The largest absolute Gasteiger partial charge is 1.00 e. The van der Waals surface area contributed by atoms with Crippen molar-refractivity contribution in [2.45, 2.75) is 37.6 Å². The van der Waals surface area contributed by atoms with E-state index in [1.54, 1.807) is 20.2 Å². The second-order valence-corrected chi connectivity index (χ2v) is 9.30. The summed E-state index contributed by atoms with van der Waals surface area (Å²) in [4.78, 5) is 11.7. The number of phenolic OH excluding ortho intramolecular Hbond substituents is 1. The average molecular weight is 380 g/mol. The molecular weight excluding hydrogens is 354 g/mol. The third-order valence-electron chi connectivity index (χ3n) is 3.65. The highest BCUT2D eigenvalue weighted by Crippen LogP contribution is 2.35. The van der Waals surface area contributed by atoms with E-state index in [-0.39, 0.29) is 39.5 Å². The van der Waals surface area contributed by atoms with Gasteiger partial charge in [0.1, 0.15) is 17.2 Å². The highest BCUT2D eigenvalue weighted by atomic mass is 35.5. The number of nitrogens with zero attached hydrogens (tertiary/aromatic N) is 1. The van der Waals surface area contributed by atoms with Gasteiger partial charge < -0.3 is 22.3 Å². The molecule has 0 fully saturated rings. The van der Waals surface area contributed by atoms with E-state index in [4.69, 9.17) is 4.74 Å². The number of carbonyl (C=O) groups excluding carboxylic acids is 1. The van der Waals surface area contributed by atoms with Crippen LogP contribution in [-0.2, 0) is 26.5 Å². The number of phenols is 1. The Kier molecular flexibility index (Phi) is 6.89. The van der Waals surface area contributed by atoms with Gasteiger partial charge in [-0.25, -0.2) is 12.9 Å². The van der Waals surface area contributed by atoms with Gasteiger partial charge >= 0.3 is 6.09 Å². The Morgan fingerprint density at radius 2 is 1.75 bits per heavy atom. The first kappa shape index (κ1) is 22.7. The zero-order valence-electron chi connectivity index (χ0n) is 15.2. The Morgan fingerprint density at radius 3 is 2.12 bits per heavy atom. The Morgan fingerprint density at radius 1 is 1.25 bits per heavy atom. The molecule has 0 spiro atoms. The zero-order valence-corrected chi connectivity index (χ0v) is 16.7. The number of amides is 1. The minimum atomic E-state index is -3.59. The van der Waals surface area contributed by atoms with Crippen molar-refractivity contribution in [3.05, 3.63) is 23.3 Å². The Balaban J connectivity index is 0.00000529. The molecule has 0 radical (unpaired) electrons. The molecule has 0 aromatic heterocycles. The number of hydrogen-bond acceptors (Lipinski definition) is 5. The maximum absolute atomic E-state index is 12.0. The quantitative estimate of drug-likeness (QED) is 0.712. The number of benzene rings is 1. The molecule has 1 N–H and O–H groups in total. The summed E-state index contributed by atoms with van der Waals surface area (Å²) < 4.78 is 28.6. The lowest BCUT2D eigenvalue weighted by atomic mass is 9.86. The molecule has 8 heteroatoms. The Hall–Kier alpha value is -1.31. The van der Waals surface area contributed by atoms with Crippen LogP contribution in [0.15, 0.2) is 17.0 Å². The van der Waals surface area contributed by atoms with Crippen LogP contribution in [-0.4, -0.2) is 51.6 Å². The van der Waals surface area contributed by atoms with Crippen LogP contribution in [0.3, 0.4) is 0 Å². The number of sulfone groups is 1. The van der Waals surface area contributed by atoms with E-state index in [1.807, 2.05) is 20.8 Å². The maximum Gasteiger partial charge on any atom is 0.515 e. The number of ether oxygens (including phenoxy) is 1. The second-order valence-electron chi connectivity index (χ2n) is 7.32. The number of halogens is 1. The fourth-order valence-corrected chi connectivity index (χ4v) is 3.06. The summed E-state index contributed by atoms with van der Waals surface area (Å²) in [6.07, 6.45) is 0.574. The van der Waals surface area contributed by atoms with Crippen LogP contribution in [0.25, 0.3) is 0 Å². The van der Waals surface area contributed by atoms with Crippen molar-refractivity contribution in [2.24, 2.45) is 0 Å². The van der Waals surface area contributed by atoms with E-state index in [0.717, 1.165) is 11.8 Å². The van der Waals surface area contributed by atoms with Gasteiger partial charge in [-0.15, -0.1) is 0 Å². The molecule has 0 heterocycles. The molecule has 0 aliphatic heterocycles. The summed E-state index contributed by atoms with van der Waals surface area (Å²) in [5, 5.41) is 10.4. The SMILES string of the molecule is COC(=O)[N+](C)(C)Cc1cc(C(C)(C)C)cc(S(C)(=O)=O)c1O.[Cl-]. The van der Waals surface area contributed by atoms with Gasteiger partial charge in [0.05, 0.1) is 26.8 Å². The summed E-state index contributed by atoms with van der Waals surface area (Å²) in [7, 11) is 0.962. The molecule has 1 aromatic rings. The lowest BCUT2D eigenvalue weighted by molar-refractivity contribution is -0.830. The molecule has 1 aromatic carbocycles. The smallest absolute Gasteiger partial charge is 0.515 e. The number of rotatable bonds is 3. The topological polar surface area (TPSA) is 80.7 Å². The molecule has 0 aliphatic rings. The Labute approximate surface area is 150 Å². The monoisotopic (exact) mass is 379 g/mol. The van der Waals surface area contributed by atoms with Crippen molar-refractivity contribution in [3.63, 3.8) is 0 Å². The molecule has 1 rings (SSSR count). The van der Waals surface area contributed by atoms with Gasteiger partial charge in [-0.3, -0.25) is 0 Å². The van der Waals surface area contributed by atoms with E-state index < -0.39 is 15.9 Å². The molecule has 1 amide bonds. The van der Waals surface area contributed by atoms with Gasteiger partial charge in [0.2, 0.25) is 0 Å². The number of carbonyl (C=O) groups is 1. The third-order valence-corrected chi connectivity index (χ3v) is 4.76. The summed E-state index contributed by atoms with van der Waals surface area (Å²) in [6.45, 7) is 5.98. The van der Waals surface area contributed by atoms with Gasteiger partial charge in [-0.2, -0.15) is 4.79 Å². The van der Waals surface area contributed by atoms with Crippen LogP contribution in [0.1, 0.15) is 31.9 Å². The van der Waals surface area contributed by atoms with Crippen molar-refractivity contribution < 1.29 is 39.9 Å². The maximum atomic E-state index is 12.0. The van der Waals surface area contributed by atoms with Crippen molar-refractivity contribution in [2.75, 3.05) is 27.5 Å². The van der Waals surface area contributed by atoms with Crippen molar-refractivity contribution in [3.8, 4) is 5.75 Å². The van der Waals surface area contributed by atoms with Crippen LogP contribution in [0.4, 0.5) is 4.79 Å². The molecule has 0 saturated carbocycles.